The van der Waals surface area contributed by atoms with Gasteiger partial charge in [0.15, 0.2) is 11.5 Å². The highest BCUT2D eigenvalue weighted by atomic mass is 79.9. The largest absolute Gasteiger partial charge is 0.493 e. The predicted molar refractivity (Wildman–Crippen MR) is 179 cm³/mol. The normalized spacial score (nSPS) is 11.4. The minimum atomic E-state index is -4.06. The molecule has 0 saturated carbocycles. The molecular formula is C32H30BrCl2N3O5S. The quantitative estimate of drug-likeness (QED) is 0.127. The fourth-order valence-corrected chi connectivity index (χ4v) is 6.78. The standard InChI is InChI=1S/C32H30BrCl2N3O5S/c1-20-5-9-27(10-6-20)44(40,41)38(26-12-21(2)11-22(3)13-26)18-31(39)37-36-17-23-14-28(33)32(30(15-23)42-4)43-19-24-7-8-25(34)16-29(24)35/h5-17H,18-19H2,1-4H3,(H,37,39)/b36-17-. The van der Waals surface area contributed by atoms with Gasteiger partial charge in [0.05, 0.1) is 28.4 Å². The Morgan fingerprint density at radius 1 is 0.955 bits per heavy atom. The van der Waals surface area contributed by atoms with Crippen molar-refractivity contribution < 1.29 is 22.7 Å². The molecule has 0 aliphatic carbocycles. The average Bonchev–Trinajstić information content (AvgIpc) is 2.95. The molecule has 0 atom stereocenters. The number of hydrogen-bond donors (Lipinski definition) is 1. The van der Waals surface area contributed by atoms with Gasteiger partial charge >= 0.3 is 0 Å². The van der Waals surface area contributed by atoms with E-state index >= 15 is 0 Å². The molecule has 8 nitrogen and oxygen atoms in total. The lowest BCUT2D eigenvalue weighted by molar-refractivity contribution is -0.119. The van der Waals surface area contributed by atoms with E-state index < -0.39 is 22.5 Å². The minimum absolute atomic E-state index is 0.0798. The summed E-state index contributed by atoms with van der Waals surface area (Å²) in [6, 6.07) is 20.4. The lowest BCUT2D eigenvalue weighted by Gasteiger charge is -2.24. The van der Waals surface area contributed by atoms with Crippen LogP contribution in [0.15, 0.2) is 87.3 Å². The molecule has 0 aliphatic heterocycles. The first-order valence-corrected chi connectivity index (χ1v) is 16.3. The van der Waals surface area contributed by atoms with Gasteiger partial charge in [-0.1, -0.05) is 53.0 Å². The third-order valence-corrected chi connectivity index (χ3v) is 9.40. The summed E-state index contributed by atoms with van der Waals surface area (Å²) >= 11 is 15.7. The number of carbonyl (C=O) groups is 1. The number of hydrogen-bond acceptors (Lipinski definition) is 6. The average molecular weight is 719 g/mol. The third-order valence-electron chi connectivity index (χ3n) is 6.43. The van der Waals surface area contributed by atoms with Crippen molar-refractivity contribution in [3.8, 4) is 11.5 Å². The van der Waals surface area contributed by atoms with E-state index in [4.69, 9.17) is 32.7 Å². The molecule has 0 aromatic heterocycles. The first-order valence-electron chi connectivity index (χ1n) is 13.3. The molecule has 1 N–H and O–H groups in total. The molecule has 4 rings (SSSR count). The number of nitrogens with one attached hydrogen (secondary N) is 1. The van der Waals surface area contributed by atoms with Crippen LogP contribution in [0.3, 0.4) is 0 Å². The summed E-state index contributed by atoms with van der Waals surface area (Å²) in [5, 5.41) is 5.06. The Kier molecular flexibility index (Phi) is 11.0. The smallest absolute Gasteiger partial charge is 0.264 e. The van der Waals surface area contributed by atoms with Crippen LogP contribution in [0.2, 0.25) is 10.0 Å². The maximum absolute atomic E-state index is 13.7. The summed E-state index contributed by atoms with van der Waals surface area (Å²) in [4.78, 5) is 13.1. The van der Waals surface area contributed by atoms with Crippen molar-refractivity contribution in [1.29, 1.82) is 0 Å². The molecule has 12 heteroatoms. The second kappa shape index (κ2) is 14.5. The Morgan fingerprint density at radius 3 is 2.27 bits per heavy atom. The van der Waals surface area contributed by atoms with Gasteiger partial charge in [-0.25, -0.2) is 13.8 Å². The first kappa shape index (κ1) is 33.3. The Labute approximate surface area is 275 Å². The molecule has 0 bridgehead atoms. The fourth-order valence-electron chi connectivity index (χ4n) is 4.33. The second-order valence-electron chi connectivity index (χ2n) is 10.0. The van der Waals surface area contributed by atoms with E-state index in [1.807, 2.05) is 26.8 Å². The second-order valence-corrected chi connectivity index (χ2v) is 13.6. The number of aryl methyl sites for hydroxylation is 3. The molecule has 4 aromatic rings. The van der Waals surface area contributed by atoms with Gasteiger partial charge < -0.3 is 9.47 Å². The van der Waals surface area contributed by atoms with Crippen molar-refractivity contribution in [2.75, 3.05) is 18.0 Å². The Morgan fingerprint density at radius 2 is 1.64 bits per heavy atom. The van der Waals surface area contributed by atoms with Crippen LogP contribution in [0.25, 0.3) is 0 Å². The van der Waals surface area contributed by atoms with Crippen molar-refractivity contribution in [2.45, 2.75) is 32.3 Å². The number of nitrogens with zero attached hydrogens (tertiary/aromatic N) is 2. The van der Waals surface area contributed by atoms with E-state index in [2.05, 4.69) is 26.5 Å². The lowest BCUT2D eigenvalue weighted by Crippen LogP contribution is -2.39. The molecule has 0 heterocycles. The predicted octanol–water partition coefficient (Wildman–Crippen LogP) is 7.61. The van der Waals surface area contributed by atoms with E-state index in [1.165, 1.54) is 25.5 Å². The monoisotopic (exact) mass is 717 g/mol. The summed E-state index contributed by atoms with van der Waals surface area (Å²) < 4.78 is 40.5. The maximum atomic E-state index is 13.7. The van der Waals surface area contributed by atoms with Crippen molar-refractivity contribution in [2.24, 2.45) is 5.10 Å². The van der Waals surface area contributed by atoms with Crippen molar-refractivity contribution in [3.63, 3.8) is 0 Å². The van der Waals surface area contributed by atoms with E-state index in [0.29, 0.717) is 37.3 Å². The zero-order valence-electron chi connectivity index (χ0n) is 24.4. The Bertz CT molecular complexity index is 1800. The molecule has 0 aliphatic rings. The van der Waals surface area contributed by atoms with Crippen LogP contribution in [-0.4, -0.2) is 34.2 Å². The summed E-state index contributed by atoms with van der Waals surface area (Å²) in [5.74, 6) is 0.245. The van der Waals surface area contributed by atoms with Crippen LogP contribution in [0.5, 0.6) is 11.5 Å². The molecule has 230 valence electrons. The topological polar surface area (TPSA) is 97.3 Å². The molecule has 0 radical (unpaired) electrons. The minimum Gasteiger partial charge on any atom is -0.493 e. The number of rotatable bonds is 11. The number of anilines is 1. The number of amides is 1. The molecule has 44 heavy (non-hydrogen) atoms. The van der Waals surface area contributed by atoms with Gasteiger partial charge in [-0.15, -0.1) is 0 Å². The Hall–Kier alpha value is -3.57. The van der Waals surface area contributed by atoms with E-state index in [9.17, 15) is 13.2 Å². The van der Waals surface area contributed by atoms with Crippen LogP contribution in [0.4, 0.5) is 5.69 Å². The zero-order valence-corrected chi connectivity index (χ0v) is 28.3. The van der Waals surface area contributed by atoms with Crippen LogP contribution >= 0.6 is 39.1 Å². The number of carbonyl (C=O) groups excluding carboxylic acids is 1. The van der Waals surface area contributed by atoms with Gasteiger partial charge in [0.2, 0.25) is 0 Å². The van der Waals surface area contributed by atoms with E-state index in [1.54, 1.807) is 54.6 Å². The molecule has 4 aromatic carbocycles. The maximum Gasteiger partial charge on any atom is 0.264 e. The third kappa shape index (κ3) is 8.32. The van der Waals surface area contributed by atoms with Crippen molar-refractivity contribution in [1.82, 2.24) is 5.43 Å². The summed E-state index contributed by atoms with van der Waals surface area (Å²) in [6.07, 6.45) is 1.42. The zero-order chi connectivity index (χ0) is 32.0. The van der Waals surface area contributed by atoms with Gasteiger partial charge in [0, 0.05) is 15.6 Å². The number of halogens is 3. The van der Waals surface area contributed by atoms with Crippen LogP contribution in [-0.2, 0) is 21.4 Å². The molecule has 0 spiro atoms. The van der Waals surface area contributed by atoms with E-state index in [-0.39, 0.29) is 11.5 Å². The van der Waals surface area contributed by atoms with Gasteiger partial charge in [-0.2, -0.15) is 5.10 Å². The highest BCUT2D eigenvalue weighted by Crippen LogP contribution is 2.37. The van der Waals surface area contributed by atoms with Crippen molar-refractivity contribution >= 4 is 67.0 Å². The molecule has 0 saturated heterocycles. The number of sulfonamides is 1. The SMILES string of the molecule is COc1cc(/C=N\NC(=O)CN(c2cc(C)cc(C)c2)S(=O)(=O)c2ccc(C)cc2)cc(Br)c1OCc1ccc(Cl)cc1Cl. The van der Waals surface area contributed by atoms with Crippen LogP contribution in [0.1, 0.15) is 27.8 Å². The molecule has 0 unspecified atom stereocenters. The summed E-state index contributed by atoms with van der Waals surface area (Å²) in [5.41, 5.74) is 6.80. The van der Waals surface area contributed by atoms with E-state index in [0.717, 1.165) is 26.6 Å². The molecule has 0 fully saturated rings. The fraction of sp³-hybridized carbons (Fsp3) is 0.188. The van der Waals surface area contributed by atoms with Gasteiger partial charge in [0.1, 0.15) is 13.2 Å². The summed E-state index contributed by atoms with van der Waals surface area (Å²) in [7, 11) is -2.55. The molecule has 1 amide bonds. The van der Waals surface area contributed by atoms with Crippen LogP contribution < -0.4 is 19.2 Å². The van der Waals surface area contributed by atoms with Crippen LogP contribution in [0, 0.1) is 20.8 Å². The summed E-state index contributed by atoms with van der Waals surface area (Å²) in [6.45, 7) is 5.30. The van der Waals surface area contributed by atoms with Gasteiger partial charge in [-0.3, -0.25) is 9.10 Å². The lowest BCUT2D eigenvalue weighted by atomic mass is 10.1. The highest BCUT2D eigenvalue weighted by molar-refractivity contribution is 9.10. The number of benzene rings is 4. The number of hydrazone groups is 1. The highest BCUT2D eigenvalue weighted by Gasteiger charge is 2.27. The Balaban J connectivity index is 1.51. The van der Waals surface area contributed by atoms with Gasteiger partial charge in [0.25, 0.3) is 15.9 Å². The van der Waals surface area contributed by atoms with Gasteiger partial charge in [-0.05, 0) is 102 Å². The number of ether oxygens (including phenoxy) is 2. The van der Waals surface area contributed by atoms with Crippen molar-refractivity contribution in [3.05, 3.63) is 115 Å². The number of methoxy groups -OCH3 is 1. The first-order chi connectivity index (χ1) is 20.9. The molecular weight excluding hydrogens is 689 g/mol.